The summed E-state index contributed by atoms with van der Waals surface area (Å²) in [5, 5.41) is 16.4. The number of aryl methyl sites for hydroxylation is 1. The van der Waals surface area contributed by atoms with Crippen LogP contribution in [0.2, 0.25) is 0 Å². The molecule has 0 saturated carbocycles. The van der Waals surface area contributed by atoms with Gasteiger partial charge >= 0.3 is 0 Å². The van der Waals surface area contributed by atoms with Gasteiger partial charge in [0.2, 0.25) is 0 Å². The van der Waals surface area contributed by atoms with Crippen molar-refractivity contribution < 1.29 is 14.6 Å². The summed E-state index contributed by atoms with van der Waals surface area (Å²) in [6, 6.07) is 11.2. The van der Waals surface area contributed by atoms with Crippen molar-refractivity contribution in [1.29, 1.82) is 0 Å². The Kier molecular flexibility index (Phi) is 4.75. The highest BCUT2D eigenvalue weighted by Crippen LogP contribution is 2.41. The molecule has 0 radical (unpaired) electrons. The van der Waals surface area contributed by atoms with Crippen molar-refractivity contribution in [2.24, 2.45) is 0 Å². The third-order valence-electron chi connectivity index (χ3n) is 4.47. The van der Waals surface area contributed by atoms with E-state index < -0.39 is 0 Å². The summed E-state index contributed by atoms with van der Waals surface area (Å²) in [6.07, 6.45) is 1.52. The van der Waals surface area contributed by atoms with Crippen molar-refractivity contribution >= 4 is 33.1 Å². The number of benzene rings is 2. The molecule has 0 aliphatic carbocycles. The molecule has 0 saturated heterocycles. The average Bonchev–Trinajstić information content (AvgIpc) is 3.15. The molecule has 2 aromatic heterocycles. The molecule has 6 nitrogen and oxygen atoms in total. The Labute approximate surface area is 166 Å². The summed E-state index contributed by atoms with van der Waals surface area (Å²) in [4.78, 5) is 9.68. The van der Waals surface area contributed by atoms with E-state index in [-0.39, 0.29) is 5.75 Å². The fourth-order valence-corrected chi connectivity index (χ4v) is 3.98. The Morgan fingerprint density at radius 1 is 1.00 bits per heavy atom. The van der Waals surface area contributed by atoms with E-state index in [0.29, 0.717) is 23.0 Å². The topological polar surface area (TPSA) is 76.5 Å². The van der Waals surface area contributed by atoms with E-state index in [4.69, 9.17) is 9.47 Å². The van der Waals surface area contributed by atoms with E-state index in [9.17, 15) is 5.11 Å². The molecule has 0 atom stereocenters. The molecule has 0 spiro atoms. The number of nitrogens with one attached hydrogen (secondary N) is 1. The zero-order chi connectivity index (χ0) is 19.7. The first-order valence-electron chi connectivity index (χ1n) is 8.62. The van der Waals surface area contributed by atoms with E-state index >= 15 is 0 Å². The van der Waals surface area contributed by atoms with Crippen LogP contribution in [0.5, 0.6) is 17.2 Å². The lowest BCUT2D eigenvalue weighted by molar-refractivity contribution is 0.355. The molecule has 0 unspecified atom stereocenters. The van der Waals surface area contributed by atoms with E-state index in [1.54, 1.807) is 20.3 Å². The number of anilines is 2. The predicted octanol–water partition coefficient (Wildman–Crippen LogP) is 5.13. The summed E-state index contributed by atoms with van der Waals surface area (Å²) in [5.74, 6) is 2.13. The van der Waals surface area contributed by atoms with Crippen molar-refractivity contribution in [2.45, 2.75) is 6.92 Å². The molecule has 0 aliphatic rings. The number of nitrogens with zero attached hydrogens (tertiary/aromatic N) is 2. The Balaban J connectivity index is 1.85. The highest BCUT2D eigenvalue weighted by Gasteiger charge is 2.16. The van der Waals surface area contributed by atoms with Gasteiger partial charge in [0, 0.05) is 10.9 Å². The number of rotatable bonds is 5. The minimum atomic E-state index is 0.167. The number of aromatic nitrogens is 2. The molecule has 4 aromatic rings. The van der Waals surface area contributed by atoms with Crippen molar-refractivity contribution in [1.82, 2.24) is 9.97 Å². The maximum absolute atomic E-state index is 10.2. The number of phenols is 1. The number of hydrogen-bond acceptors (Lipinski definition) is 7. The Morgan fingerprint density at radius 2 is 1.82 bits per heavy atom. The number of hydrogen-bond donors (Lipinski definition) is 2. The molecule has 0 aliphatic heterocycles. The van der Waals surface area contributed by atoms with Crippen LogP contribution in [0, 0.1) is 6.92 Å². The molecular weight excluding hydrogens is 374 g/mol. The fourth-order valence-electron chi connectivity index (χ4n) is 3.06. The fraction of sp³-hybridized carbons (Fsp3) is 0.143. The number of thiophene rings is 1. The number of phenolic OH excluding ortho intramolecular Hbond substituents is 1. The van der Waals surface area contributed by atoms with Crippen LogP contribution >= 0.6 is 11.3 Å². The van der Waals surface area contributed by atoms with Gasteiger partial charge in [0.05, 0.1) is 25.3 Å². The normalized spacial score (nSPS) is 10.8. The molecule has 142 valence electrons. The van der Waals surface area contributed by atoms with Gasteiger partial charge in [-0.3, -0.25) is 0 Å². The monoisotopic (exact) mass is 393 g/mol. The quantitative estimate of drug-likeness (QED) is 0.458. The summed E-state index contributed by atoms with van der Waals surface area (Å²) in [5.41, 5.74) is 3.59. The first-order chi connectivity index (χ1) is 13.6. The van der Waals surface area contributed by atoms with E-state index in [1.165, 1.54) is 17.7 Å². The third kappa shape index (κ3) is 3.20. The van der Waals surface area contributed by atoms with Crippen LogP contribution in [0.1, 0.15) is 5.56 Å². The van der Waals surface area contributed by atoms with Crippen molar-refractivity contribution in [2.75, 3.05) is 19.5 Å². The lowest BCUT2D eigenvalue weighted by Gasteiger charge is -2.12. The largest absolute Gasteiger partial charge is 0.506 e. The standard InChI is InChI=1S/C21H19N3O3S/c1-12-4-6-16(25)15(8-12)24-20-19-14(10-28-21(19)23-11-22-20)13-5-7-17(26-2)18(9-13)27-3/h4-11,25H,1-3H3,(H,22,23,24). The van der Waals surface area contributed by atoms with Gasteiger partial charge in [-0.1, -0.05) is 12.1 Å². The molecule has 0 amide bonds. The van der Waals surface area contributed by atoms with Crippen LogP contribution < -0.4 is 14.8 Å². The van der Waals surface area contributed by atoms with Gasteiger partial charge in [-0.2, -0.15) is 0 Å². The minimum Gasteiger partial charge on any atom is -0.506 e. The predicted molar refractivity (Wildman–Crippen MR) is 112 cm³/mol. The van der Waals surface area contributed by atoms with Crippen LogP contribution in [-0.2, 0) is 0 Å². The highest BCUT2D eigenvalue weighted by molar-refractivity contribution is 7.17. The molecule has 0 fully saturated rings. The Bertz CT molecular complexity index is 1160. The zero-order valence-corrected chi connectivity index (χ0v) is 16.5. The van der Waals surface area contributed by atoms with Crippen LogP contribution in [0.15, 0.2) is 48.1 Å². The molecule has 2 aromatic carbocycles. The molecule has 28 heavy (non-hydrogen) atoms. The average molecular weight is 393 g/mol. The summed E-state index contributed by atoms with van der Waals surface area (Å²) < 4.78 is 10.8. The third-order valence-corrected chi connectivity index (χ3v) is 5.36. The first-order valence-corrected chi connectivity index (χ1v) is 9.50. The van der Waals surface area contributed by atoms with Crippen molar-refractivity contribution in [3.63, 3.8) is 0 Å². The van der Waals surface area contributed by atoms with E-state index in [2.05, 4.69) is 15.3 Å². The number of fused-ring (bicyclic) bond motifs is 1. The van der Waals surface area contributed by atoms with Gasteiger partial charge in [-0.15, -0.1) is 11.3 Å². The second kappa shape index (κ2) is 7.36. The van der Waals surface area contributed by atoms with Gasteiger partial charge in [0.1, 0.15) is 22.7 Å². The smallest absolute Gasteiger partial charge is 0.161 e. The maximum atomic E-state index is 10.2. The molecule has 2 N–H and O–H groups in total. The minimum absolute atomic E-state index is 0.167. The summed E-state index contributed by atoms with van der Waals surface area (Å²) >= 11 is 1.54. The summed E-state index contributed by atoms with van der Waals surface area (Å²) in [6.45, 7) is 1.97. The van der Waals surface area contributed by atoms with Crippen LogP contribution in [-0.4, -0.2) is 29.3 Å². The zero-order valence-electron chi connectivity index (χ0n) is 15.7. The Morgan fingerprint density at radius 3 is 2.61 bits per heavy atom. The maximum Gasteiger partial charge on any atom is 0.161 e. The van der Waals surface area contributed by atoms with Crippen LogP contribution in [0.25, 0.3) is 21.3 Å². The van der Waals surface area contributed by atoms with E-state index in [1.807, 2.05) is 42.6 Å². The van der Waals surface area contributed by atoms with Gasteiger partial charge in [-0.05, 0) is 42.3 Å². The second-order valence-corrected chi connectivity index (χ2v) is 7.13. The molecule has 0 bridgehead atoms. The molecule has 4 rings (SSSR count). The van der Waals surface area contributed by atoms with Gasteiger partial charge in [-0.25, -0.2) is 9.97 Å². The first kappa shape index (κ1) is 18.1. The highest BCUT2D eigenvalue weighted by atomic mass is 32.1. The van der Waals surface area contributed by atoms with Gasteiger partial charge in [0.15, 0.2) is 11.5 Å². The number of ether oxygens (including phenoxy) is 2. The van der Waals surface area contributed by atoms with Gasteiger partial charge < -0.3 is 19.9 Å². The lowest BCUT2D eigenvalue weighted by atomic mass is 10.1. The SMILES string of the molecule is COc1ccc(-c2csc3ncnc(Nc4cc(C)ccc4O)c23)cc1OC. The van der Waals surface area contributed by atoms with Gasteiger partial charge in [0.25, 0.3) is 0 Å². The van der Waals surface area contributed by atoms with Crippen molar-refractivity contribution in [3.8, 4) is 28.4 Å². The number of methoxy groups -OCH3 is 2. The van der Waals surface area contributed by atoms with Crippen LogP contribution in [0.4, 0.5) is 11.5 Å². The van der Waals surface area contributed by atoms with Crippen molar-refractivity contribution in [3.05, 3.63) is 53.7 Å². The van der Waals surface area contributed by atoms with Crippen LogP contribution in [0.3, 0.4) is 0 Å². The molecular formula is C21H19N3O3S. The second-order valence-electron chi connectivity index (χ2n) is 6.27. The van der Waals surface area contributed by atoms with E-state index in [0.717, 1.165) is 26.9 Å². The molecule has 2 heterocycles. The number of aromatic hydroxyl groups is 1. The lowest BCUT2D eigenvalue weighted by Crippen LogP contribution is -1.96. The summed E-state index contributed by atoms with van der Waals surface area (Å²) in [7, 11) is 3.23. The Hall–Kier alpha value is -3.32. The molecule has 7 heteroatoms.